The molecule has 1 heterocycles. The van der Waals surface area contributed by atoms with Crippen LogP contribution in [0.4, 0.5) is 0 Å². The van der Waals surface area contributed by atoms with Crippen molar-refractivity contribution in [3.63, 3.8) is 0 Å². The number of halogens is 1. The number of aryl methyl sites for hydroxylation is 1. The average Bonchev–Trinajstić information content (AvgIpc) is 2.94. The van der Waals surface area contributed by atoms with E-state index in [1.165, 1.54) is 22.2 Å². The van der Waals surface area contributed by atoms with E-state index in [0.717, 1.165) is 24.8 Å². The summed E-state index contributed by atoms with van der Waals surface area (Å²) < 4.78 is 0. The lowest BCUT2D eigenvalue weighted by atomic mass is 9.91. The van der Waals surface area contributed by atoms with Gasteiger partial charge in [-0.1, -0.05) is 41.9 Å². The van der Waals surface area contributed by atoms with Gasteiger partial charge in [-0.3, -0.25) is 4.79 Å². The first-order chi connectivity index (χ1) is 11.7. The Morgan fingerprint density at radius 3 is 2.79 bits per heavy atom. The summed E-state index contributed by atoms with van der Waals surface area (Å²) in [7, 11) is 0. The highest BCUT2D eigenvalue weighted by molar-refractivity contribution is 6.30. The quantitative estimate of drug-likeness (QED) is 0.744. The van der Waals surface area contributed by atoms with Gasteiger partial charge in [-0.05, 0) is 42.2 Å². The van der Waals surface area contributed by atoms with Crippen LogP contribution in [0.5, 0.6) is 0 Å². The summed E-state index contributed by atoms with van der Waals surface area (Å²) in [5.41, 5.74) is 4.85. The second-order valence-corrected chi connectivity index (χ2v) is 6.87. The van der Waals surface area contributed by atoms with Crippen molar-refractivity contribution in [3.05, 3.63) is 70.4 Å². The summed E-state index contributed by atoms with van der Waals surface area (Å²) in [6.07, 6.45) is 3.26. The average molecular weight is 339 g/mol. The highest BCUT2D eigenvalue weighted by Gasteiger charge is 2.23. The first-order valence-corrected chi connectivity index (χ1v) is 8.69. The van der Waals surface area contributed by atoms with Gasteiger partial charge in [0.1, 0.15) is 0 Å². The maximum atomic E-state index is 12.3. The van der Waals surface area contributed by atoms with Crippen molar-refractivity contribution in [2.75, 3.05) is 0 Å². The number of carbonyl (C=O) groups excluding carboxylic acids is 1. The Labute approximate surface area is 146 Å². The molecule has 1 atom stereocenters. The molecule has 0 spiro atoms. The van der Waals surface area contributed by atoms with Crippen molar-refractivity contribution in [3.8, 4) is 0 Å². The number of aromatic amines is 1. The van der Waals surface area contributed by atoms with E-state index in [9.17, 15) is 4.79 Å². The van der Waals surface area contributed by atoms with E-state index in [-0.39, 0.29) is 11.9 Å². The molecular weight excluding hydrogens is 320 g/mol. The normalized spacial score (nSPS) is 16.8. The van der Waals surface area contributed by atoms with Crippen molar-refractivity contribution < 1.29 is 4.79 Å². The van der Waals surface area contributed by atoms with Gasteiger partial charge in [-0.2, -0.15) is 0 Å². The first kappa shape index (κ1) is 15.3. The fourth-order valence-corrected chi connectivity index (χ4v) is 3.70. The Morgan fingerprint density at radius 2 is 1.96 bits per heavy atom. The van der Waals surface area contributed by atoms with Gasteiger partial charge in [0.05, 0.1) is 6.42 Å². The zero-order chi connectivity index (χ0) is 16.5. The lowest BCUT2D eigenvalue weighted by Gasteiger charge is -2.23. The van der Waals surface area contributed by atoms with Gasteiger partial charge < -0.3 is 10.3 Å². The van der Waals surface area contributed by atoms with E-state index in [2.05, 4.69) is 34.6 Å². The van der Waals surface area contributed by atoms with Crippen LogP contribution in [-0.2, 0) is 24.1 Å². The van der Waals surface area contributed by atoms with E-state index in [4.69, 9.17) is 11.6 Å². The van der Waals surface area contributed by atoms with Gasteiger partial charge in [0.2, 0.25) is 5.91 Å². The van der Waals surface area contributed by atoms with Gasteiger partial charge in [0.15, 0.2) is 0 Å². The fraction of sp³-hybridized carbons (Fsp3) is 0.250. The summed E-state index contributed by atoms with van der Waals surface area (Å²) in [5.74, 6) is 0.0712. The molecule has 4 heteroatoms. The van der Waals surface area contributed by atoms with E-state index in [0.29, 0.717) is 11.4 Å². The number of benzene rings is 2. The Kier molecular flexibility index (Phi) is 4.03. The summed E-state index contributed by atoms with van der Waals surface area (Å²) in [5, 5.41) is 5.19. The molecule has 1 aliphatic carbocycles. The van der Waals surface area contributed by atoms with E-state index in [1.54, 1.807) is 0 Å². The molecule has 1 aliphatic rings. The van der Waals surface area contributed by atoms with Crippen LogP contribution in [0.2, 0.25) is 5.02 Å². The molecule has 2 aromatic carbocycles. The van der Waals surface area contributed by atoms with Gasteiger partial charge in [-0.15, -0.1) is 0 Å². The van der Waals surface area contributed by atoms with Crippen LogP contribution in [0.15, 0.2) is 48.5 Å². The molecule has 2 N–H and O–H groups in total. The Balaban J connectivity index is 1.43. The van der Waals surface area contributed by atoms with Crippen LogP contribution in [0, 0.1) is 0 Å². The van der Waals surface area contributed by atoms with Crippen molar-refractivity contribution in [2.24, 2.45) is 0 Å². The van der Waals surface area contributed by atoms with E-state index >= 15 is 0 Å². The molecule has 122 valence electrons. The molecule has 1 unspecified atom stereocenters. The highest BCUT2D eigenvalue weighted by atomic mass is 35.5. The lowest BCUT2D eigenvalue weighted by molar-refractivity contribution is -0.121. The molecule has 1 amide bonds. The number of rotatable bonds is 3. The lowest BCUT2D eigenvalue weighted by Crippen LogP contribution is -2.39. The van der Waals surface area contributed by atoms with Crippen LogP contribution in [0.3, 0.4) is 0 Å². The Morgan fingerprint density at radius 1 is 1.17 bits per heavy atom. The zero-order valence-electron chi connectivity index (χ0n) is 13.3. The topological polar surface area (TPSA) is 44.9 Å². The molecular formula is C20H19ClN2O. The van der Waals surface area contributed by atoms with Gasteiger partial charge in [0.25, 0.3) is 0 Å². The summed E-state index contributed by atoms with van der Waals surface area (Å²) in [6.45, 7) is 0. The maximum Gasteiger partial charge on any atom is 0.224 e. The number of hydrogen-bond acceptors (Lipinski definition) is 1. The number of hydrogen-bond donors (Lipinski definition) is 2. The molecule has 0 bridgehead atoms. The van der Waals surface area contributed by atoms with Crippen LogP contribution in [0.1, 0.15) is 23.2 Å². The highest BCUT2D eigenvalue weighted by Crippen LogP contribution is 2.29. The third kappa shape index (κ3) is 3.04. The van der Waals surface area contributed by atoms with Crippen LogP contribution in [-0.4, -0.2) is 16.9 Å². The van der Waals surface area contributed by atoms with Crippen LogP contribution in [0.25, 0.3) is 10.9 Å². The van der Waals surface area contributed by atoms with E-state index < -0.39 is 0 Å². The molecule has 24 heavy (non-hydrogen) atoms. The number of fused-ring (bicyclic) bond motifs is 3. The number of H-pyrrole nitrogens is 1. The molecule has 0 aliphatic heterocycles. The van der Waals surface area contributed by atoms with Crippen LogP contribution < -0.4 is 5.32 Å². The molecule has 1 aromatic heterocycles. The largest absolute Gasteiger partial charge is 0.358 e. The molecule has 4 rings (SSSR count). The summed E-state index contributed by atoms with van der Waals surface area (Å²) in [6, 6.07) is 16.1. The third-order valence-corrected chi connectivity index (χ3v) is 4.99. The SMILES string of the molecule is O=C(Cc1ccc(Cl)cc1)NC1CCc2c([nH]c3ccccc23)C1. The number of aromatic nitrogens is 1. The first-order valence-electron chi connectivity index (χ1n) is 8.31. The monoisotopic (exact) mass is 338 g/mol. The smallest absolute Gasteiger partial charge is 0.224 e. The minimum atomic E-state index is 0.0712. The van der Waals surface area contributed by atoms with Crippen molar-refractivity contribution in [1.29, 1.82) is 0 Å². The Hall–Kier alpha value is -2.26. The second kappa shape index (κ2) is 6.33. The van der Waals surface area contributed by atoms with E-state index in [1.807, 2.05) is 24.3 Å². The molecule has 3 nitrogen and oxygen atoms in total. The molecule has 0 radical (unpaired) electrons. The van der Waals surface area contributed by atoms with Gasteiger partial charge in [0, 0.05) is 34.1 Å². The Bertz CT molecular complexity index is 882. The van der Waals surface area contributed by atoms with Crippen molar-refractivity contribution in [2.45, 2.75) is 31.7 Å². The molecule has 3 aromatic rings. The standard InChI is InChI=1S/C20H19ClN2O/c21-14-7-5-13(6-8-14)11-20(24)22-15-9-10-17-16-3-1-2-4-18(16)23-19(17)12-15/h1-8,15,23H,9-12H2,(H,22,24). The number of carbonyl (C=O) groups is 1. The minimum absolute atomic E-state index is 0.0712. The number of para-hydroxylation sites is 1. The van der Waals surface area contributed by atoms with Crippen molar-refractivity contribution in [1.82, 2.24) is 10.3 Å². The van der Waals surface area contributed by atoms with Crippen LogP contribution >= 0.6 is 11.6 Å². The predicted octanol–water partition coefficient (Wildman–Crippen LogP) is 4.04. The van der Waals surface area contributed by atoms with Gasteiger partial charge in [-0.25, -0.2) is 0 Å². The summed E-state index contributed by atoms with van der Waals surface area (Å²) in [4.78, 5) is 15.8. The van der Waals surface area contributed by atoms with Crippen molar-refractivity contribution >= 4 is 28.4 Å². The predicted molar refractivity (Wildman–Crippen MR) is 97.4 cm³/mol. The molecule has 0 fully saturated rings. The summed E-state index contributed by atoms with van der Waals surface area (Å²) >= 11 is 5.88. The van der Waals surface area contributed by atoms with Gasteiger partial charge >= 0.3 is 0 Å². The zero-order valence-corrected chi connectivity index (χ0v) is 14.1. The molecule has 0 saturated heterocycles. The number of nitrogens with one attached hydrogen (secondary N) is 2. The minimum Gasteiger partial charge on any atom is -0.358 e. The maximum absolute atomic E-state index is 12.3. The fourth-order valence-electron chi connectivity index (χ4n) is 3.57. The third-order valence-electron chi connectivity index (χ3n) is 4.74. The molecule has 0 saturated carbocycles. The number of amides is 1. The second-order valence-electron chi connectivity index (χ2n) is 6.44.